The lowest BCUT2D eigenvalue weighted by molar-refractivity contribution is -0.127. The van der Waals surface area contributed by atoms with Gasteiger partial charge in [-0.1, -0.05) is 5.57 Å². The Balaban J connectivity index is 2.51. The van der Waals surface area contributed by atoms with Gasteiger partial charge >= 0.3 is 0 Å². The molecule has 0 aliphatic carbocycles. The number of likely N-dealkylation sites (tertiary alicyclic amines) is 1. The third kappa shape index (κ3) is 3.34. The number of allylic oxidation sites excluding steroid dienone is 1. The lowest BCUT2D eigenvalue weighted by atomic mass is 9.90. The monoisotopic (exact) mass is 210 g/mol. The van der Waals surface area contributed by atoms with Crippen LogP contribution in [0.4, 0.5) is 0 Å². The van der Waals surface area contributed by atoms with Crippen LogP contribution in [0.15, 0.2) is 11.6 Å². The Bertz CT molecular complexity index is 259. The van der Waals surface area contributed by atoms with Gasteiger partial charge in [0.05, 0.1) is 0 Å². The standard InChI is InChI=1S/C12H22N2O/c1-10(2)9-11(15)14-7-5-12(3,13-4)6-8-14/h9,13H,5-8H2,1-4H3. The van der Waals surface area contributed by atoms with E-state index in [0.717, 1.165) is 31.5 Å². The summed E-state index contributed by atoms with van der Waals surface area (Å²) in [7, 11) is 1.99. The van der Waals surface area contributed by atoms with Gasteiger partial charge in [0, 0.05) is 24.7 Å². The zero-order chi connectivity index (χ0) is 11.5. The summed E-state index contributed by atoms with van der Waals surface area (Å²) in [6.07, 6.45) is 3.79. The van der Waals surface area contributed by atoms with Gasteiger partial charge in [0.25, 0.3) is 0 Å². The molecule has 1 saturated heterocycles. The predicted octanol–water partition coefficient (Wildman–Crippen LogP) is 1.55. The summed E-state index contributed by atoms with van der Waals surface area (Å²) in [5, 5.41) is 3.33. The molecule has 1 heterocycles. The third-order valence-corrected chi connectivity index (χ3v) is 3.19. The molecule has 1 fully saturated rings. The SMILES string of the molecule is CNC1(C)CCN(C(=O)C=C(C)C)CC1. The van der Waals surface area contributed by atoms with Crippen molar-refractivity contribution in [3.05, 3.63) is 11.6 Å². The predicted molar refractivity (Wildman–Crippen MR) is 62.7 cm³/mol. The summed E-state index contributed by atoms with van der Waals surface area (Å²) in [4.78, 5) is 13.7. The number of carbonyl (C=O) groups excluding carboxylic acids is 1. The van der Waals surface area contributed by atoms with Gasteiger partial charge in [-0.2, -0.15) is 0 Å². The highest BCUT2D eigenvalue weighted by Gasteiger charge is 2.29. The smallest absolute Gasteiger partial charge is 0.246 e. The minimum Gasteiger partial charge on any atom is -0.339 e. The summed E-state index contributed by atoms with van der Waals surface area (Å²) >= 11 is 0. The second kappa shape index (κ2) is 4.79. The van der Waals surface area contributed by atoms with Gasteiger partial charge < -0.3 is 10.2 Å². The molecule has 86 valence electrons. The number of carbonyl (C=O) groups is 1. The van der Waals surface area contributed by atoms with Crippen molar-refractivity contribution in [2.75, 3.05) is 20.1 Å². The quantitative estimate of drug-likeness (QED) is 0.701. The van der Waals surface area contributed by atoms with Crippen LogP contribution in [0.25, 0.3) is 0 Å². The van der Waals surface area contributed by atoms with Crippen LogP contribution < -0.4 is 5.32 Å². The fraction of sp³-hybridized carbons (Fsp3) is 0.750. The highest BCUT2D eigenvalue weighted by molar-refractivity contribution is 5.88. The van der Waals surface area contributed by atoms with Crippen LogP contribution in [0.5, 0.6) is 0 Å². The molecule has 1 aliphatic rings. The van der Waals surface area contributed by atoms with Crippen molar-refractivity contribution in [3.8, 4) is 0 Å². The topological polar surface area (TPSA) is 32.3 Å². The fourth-order valence-corrected chi connectivity index (χ4v) is 1.81. The van der Waals surface area contributed by atoms with Crippen LogP contribution in [-0.2, 0) is 4.79 Å². The van der Waals surface area contributed by atoms with E-state index in [1.165, 1.54) is 0 Å². The largest absolute Gasteiger partial charge is 0.339 e. The zero-order valence-electron chi connectivity index (χ0n) is 10.3. The Hall–Kier alpha value is -0.830. The van der Waals surface area contributed by atoms with Crippen molar-refractivity contribution in [1.82, 2.24) is 10.2 Å². The van der Waals surface area contributed by atoms with Crippen LogP contribution >= 0.6 is 0 Å². The maximum absolute atomic E-state index is 11.7. The van der Waals surface area contributed by atoms with E-state index < -0.39 is 0 Å². The molecule has 0 saturated carbocycles. The van der Waals surface area contributed by atoms with E-state index in [1.54, 1.807) is 6.08 Å². The molecule has 0 aromatic heterocycles. The first kappa shape index (κ1) is 12.2. The van der Waals surface area contributed by atoms with Gasteiger partial charge in [-0.15, -0.1) is 0 Å². The van der Waals surface area contributed by atoms with E-state index >= 15 is 0 Å². The van der Waals surface area contributed by atoms with Crippen LogP contribution in [0.2, 0.25) is 0 Å². The summed E-state index contributed by atoms with van der Waals surface area (Å²) in [5.41, 5.74) is 1.28. The molecule has 1 amide bonds. The molecule has 3 heteroatoms. The molecule has 1 aliphatic heterocycles. The summed E-state index contributed by atoms with van der Waals surface area (Å²) in [6.45, 7) is 7.86. The highest BCUT2D eigenvalue weighted by atomic mass is 16.2. The van der Waals surface area contributed by atoms with Gasteiger partial charge in [-0.05, 0) is 40.7 Å². The van der Waals surface area contributed by atoms with Crippen molar-refractivity contribution in [3.63, 3.8) is 0 Å². The summed E-state index contributed by atoms with van der Waals surface area (Å²) in [5.74, 6) is 0.160. The second-order valence-corrected chi connectivity index (χ2v) is 4.86. The zero-order valence-corrected chi connectivity index (χ0v) is 10.3. The van der Waals surface area contributed by atoms with E-state index in [1.807, 2.05) is 25.8 Å². The van der Waals surface area contributed by atoms with Crippen molar-refractivity contribution in [2.24, 2.45) is 0 Å². The molecule has 1 rings (SSSR count). The van der Waals surface area contributed by atoms with Gasteiger partial charge in [0.2, 0.25) is 5.91 Å². The maximum Gasteiger partial charge on any atom is 0.246 e. The van der Waals surface area contributed by atoms with Gasteiger partial charge in [0.15, 0.2) is 0 Å². The van der Waals surface area contributed by atoms with Crippen LogP contribution in [0.3, 0.4) is 0 Å². The number of nitrogens with one attached hydrogen (secondary N) is 1. The van der Waals surface area contributed by atoms with Crippen LogP contribution in [0, 0.1) is 0 Å². The highest BCUT2D eigenvalue weighted by Crippen LogP contribution is 2.21. The van der Waals surface area contributed by atoms with Gasteiger partial charge in [-0.3, -0.25) is 4.79 Å². The molecule has 3 nitrogen and oxygen atoms in total. The van der Waals surface area contributed by atoms with Crippen molar-refractivity contribution in [1.29, 1.82) is 0 Å². The minimum absolute atomic E-state index is 0.160. The number of amides is 1. The second-order valence-electron chi connectivity index (χ2n) is 4.86. The molecule has 0 bridgehead atoms. The molecule has 0 spiro atoms. The molecular weight excluding hydrogens is 188 g/mol. The molecule has 0 aromatic carbocycles. The van der Waals surface area contributed by atoms with E-state index in [2.05, 4.69) is 12.2 Å². The van der Waals surface area contributed by atoms with E-state index in [9.17, 15) is 4.79 Å². The average Bonchev–Trinajstić information content (AvgIpc) is 2.18. The first-order valence-electron chi connectivity index (χ1n) is 5.59. The van der Waals surface area contributed by atoms with E-state index in [4.69, 9.17) is 0 Å². The summed E-state index contributed by atoms with van der Waals surface area (Å²) in [6, 6.07) is 0. The summed E-state index contributed by atoms with van der Waals surface area (Å²) < 4.78 is 0. The number of hydrogen-bond donors (Lipinski definition) is 1. The molecule has 0 radical (unpaired) electrons. The minimum atomic E-state index is 0.160. The molecule has 0 unspecified atom stereocenters. The molecule has 0 aromatic rings. The molecule has 0 atom stereocenters. The lowest BCUT2D eigenvalue weighted by Crippen LogP contribution is -2.51. The van der Waals surface area contributed by atoms with Gasteiger partial charge in [0.1, 0.15) is 0 Å². The van der Waals surface area contributed by atoms with E-state index in [-0.39, 0.29) is 11.4 Å². The molecule has 15 heavy (non-hydrogen) atoms. The Labute approximate surface area is 92.5 Å². The number of rotatable bonds is 2. The van der Waals surface area contributed by atoms with Crippen molar-refractivity contribution in [2.45, 2.75) is 39.2 Å². The Kier molecular flexibility index (Phi) is 3.91. The van der Waals surface area contributed by atoms with E-state index in [0.29, 0.717) is 0 Å². The fourth-order valence-electron chi connectivity index (χ4n) is 1.81. The van der Waals surface area contributed by atoms with Crippen molar-refractivity contribution >= 4 is 5.91 Å². The number of piperidine rings is 1. The number of nitrogens with zero attached hydrogens (tertiary/aromatic N) is 1. The lowest BCUT2D eigenvalue weighted by Gasteiger charge is -2.39. The first-order chi connectivity index (χ1) is 6.97. The first-order valence-corrected chi connectivity index (χ1v) is 5.59. The van der Waals surface area contributed by atoms with Crippen LogP contribution in [-0.4, -0.2) is 36.5 Å². The average molecular weight is 210 g/mol. The third-order valence-electron chi connectivity index (χ3n) is 3.19. The Morgan fingerprint density at radius 3 is 2.27 bits per heavy atom. The van der Waals surface area contributed by atoms with Gasteiger partial charge in [-0.25, -0.2) is 0 Å². The number of hydrogen-bond acceptors (Lipinski definition) is 2. The van der Waals surface area contributed by atoms with Crippen molar-refractivity contribution < 1.29 is 4.79 Å². The van der Waals surface area contributed by atoms with Crippen LogP contribution in [0.1, 0.15) is 33.6 Å². The Morgan fingerprint density at radius 1 is 1.33 bits per heavy atom. The normalized spacial score (nSPS) is 19.9. The molecule has 1 N–H and O–H groups in total. The Morgan fingerprint density at radius 2 is 1.87 bits per heavy atom. The maximum atomic E-state index is 11.7. The molecular formula is C12H22N2O.